The topological polar surface area (TPSA) is 51.8 Å². The maximum atomic E-state index is 5.62. The van der Waals surface area contributed by atoms with Crippen LogP contribution in [0, 0.1) is 0 Å². The number of hydrogen-bond acceptors (Lipinski definition) is 4. The zero-order valence-corrected chi connectivity index (χ0v) is 9.55. The molecule has 5 heteroatoms. The molecule has 0 aliphatic carbocycles. The van der Waals surface area contributed by atoms with Gasteiger partial charge in [0, 0.05) is 23.3 Å². The average molecular weight is 246 g/mol. The summed E-state index contributed by atoms with van der Waals surface area (Å²) in [6, 6.07) is 7.89. The van der Waals surface area contributed by atoms with Crippen LogP contribution >= 0.6 is 11.6 Å². The molecule has 2 aromatic heterocycles. The van der Waals surface area contributed by atoms with Crippen LogP contribution in [0.4, 0.5) is 0 Å². The fraction of sp³-hybridized carbons (Fsp3) is 0.0833. The first-order chi connectivity index (χ1) is 8.36. The number of alkyl halides is 1. The molecule has 0 saturated heterocycles. The lowest BCUT2D eigenvalue weighted by Crippen LogP contribution is -1.83. The molecule has 0 radical (unpaired) electrons. The van der Waals surface area contributed by atoms with E-state index in [1.807, 2.05) is 24.3 Å². The van der Waals surface area contributed by atoms with Gasteiger partial charge < -0.3 is 4.52 Å². The lowest BCUT2D eigenvalue weighted by molar-refractivity contribution is 0.391. The molecule has 0 aliphatic rings. The highest BCUT2D eigenvalue weighted by Crippen LogP contribution is 2.21. The van der Waals surface area contributed by atoms with Gasteiger partial charge in [-0.15, -0.1) is 11.6 Å². The molecular weight excluding hydrogens is 238 g/mol. The van der Waals surface area contributed by atoms with Gasteiger partial charge in [0.25, 0.3) is 0 Å². The minimum Gasteiger partial charge on any atom is -0.338 e. The monoisotopic (exact) mass is 245 g/mol. The highest BCUT2D eigenvalue weighted by Gasteiger charge is 2.07. The van der Waals surface area contributed by atoms with Crippen LogP contribution in [0.15, 0.2) is 41.2 Å². The summed E-state index contributed by atoms with van der Waals surface area (Å²) in [5.74, 6) is 1.20. The van der Waals surface area contributed by atoms with Crippen molar-refractivity contribution >= 4 is 22.4 Å². The third kappa shape index (κ3) is 1.87. The standard InChI is InChI=1S/C12H8ClN3O/c13-6-11-15-12(16-17-11)9-2-1-8-3-4-14-7-10(8)5-9/h1-5,7H,6H2. The minimum atomic E-state index is 0.224. The summed E-state index contributed by atoms with van der Waals surface area (Å²) in [5.41, 5.74) is 0.894. The van der Waals surface area contributed by atoms with E-state index in [2.05, 4.69) is 15.1 Å². The molecule has 0 spiro atoms. The first-order valence-electron chi connectivity index (χ1n) is 5.09. The van der Waals surface area contributed by atoms with Crippen LogP contribution in [-0.4, -0.2) is 15.1 Å². The van der Waals surface area contributed by atoms with E-state index in [0.717, 1.165) is 16.3 Å². The van der Waals surface area contributed by atoms with E-state index in [1.54, 1.807) is 12.4 Å². The van der Waals surface area contributed by atoms with Crippen molar-refractivity contribution < 1.29 is 4.52 Å². The molecular formula is C12H8ClN3O. The molecule has 0 atom stereocenters. The molecule has 0 saturated carbocycles. The van der Waals surface area contributed by atoms with Crippen LogP contribution in [0.3, 0.4) is 0 Å². The number of benzene rings is 1. The van der Waals surface area contributed by atoms with Gasteiger partial charge in [0.1, 0.15) is 5.88 Å². The number of nitrogens with zero attached hydrogens (tertiary/aromatic N) is 3. The summed E-state index contributed by atoms with van der Waals surface area (Å²) >= 11 is 5.62. The van der Waals surface area contributed by atoms with E-state index in [4.69, 9.17) is 16.1 Å². The number of pyridine rings is 1. The summed E-state index contributed by atoms with van der Waals surface area (Å²) < 4.78 is 4.97. The molecule has 3 aromatic rings. The van der Waals surface area contributed by atoms with Gasteiger partial charge in [0.15, 0.2) is 0 Å². The third-order valence-corrected chi connectivity index (χ3v) is 2.71. The van der Waals surface area contributed by atoms with Crippen molar-refractivity contribution in [2.45, 2.75) is 5.88 Å². The van der Waals surface area contributed by atoms with Gasteiger partial charge >= 0.3 is 0 Å². The zero-order valence-electron chi connectivity index (χ0n) is 8.80. The molecule has 0 unspecified atom stereocenters. The highest BCUT2D eigenvalue weighted by atomic mass is 35.5. The molecule has 0 bridgehead atoms. The second kappa shape index (κ2) is 4.14. The fourth-order valence-corrected chi connectivity index (χ4v) is 1.76. The maximum absolute atomic E-state index is 5.62. The number of halogens is 1. The SMILES string of the molecule is ClCc1nc(-c2ccc3ccncc3c2)no1. The predicted molar refractivity (Wildman–Crippen MR) is 64.6 cm³/mol. The molecule has 4 nitrogen and oxygen atoms in total. The molecule has 2 heterocycles. The first-order valence-corrected chi connectivity index (χ1v) is 5.63. The summed E-state index contributed by atoms with van der Waals surface area (Å²) in [4.78, 5) is 8.26. The molecule has 17 heavy (non-hydrogen) atoms. The van der Waals surface area contributed by atoms with Gasteiger partial charge in [-0.25, -0.2) is 0 Å². The molecule has 0 aliphatic heterocycles. The van der Waals surface area contributed by atoms with E-state index in [9.17, 15) is 0 Å². The second-order valence-electron chi connectivity index (χ2n) is 3.58. The van der Waals surface area contributed by atoms with E-state index < -0.39 is 0 Å². The Morgan fingerprint density at radius 3 is 2.94 bits per heavy atom. The van der Waals surface area contributed by atoms with Crippen molar-refractivity contribution in [2.75, 3.05) is 0 Å². The lowest BCUT2D eigenvalue weighted by atomic mass is 10.1. The van der Waals surface area contributed by atoms with E-state index in [0.29, 0.717) is 11.7 Å². The Labute approximate surface area is 102 Å². The number of hydrogen-bond donors (Lipinski definition) is 0. The predicted octanol–water partition coefficient (Wildman–Crippen LogP) is 3.02. The van der Waals surface area contributed by atoms with Gasteiger partial charge in [0.05, 0.1) is 0 Å². The normalized spacial score (nSPS) is 10.9. The molecule has 1 aromatic carbocycles. The molecule has 0 N–H and O–H groups in total. The Hall–Kier alpha value is -1.94. The van der Waals surface area contributed by atoms with Crippen molar-refractivity contribution in [2.24, 2.45) is 0 Å². The van der Waals surface area contributed by atoms with E-state index in [1.165, 1.54) is 0 Å². The van der Waals surface area contributed by atoms with Crippen molar-refractivity contribution in [3.8, 4) is 11.4 Å². The maximum Gasteiger partial charge on any atom is 0.241 e. The molecule has 84 valence electrons. The Kier molecular flexibility index (Phi) is 2.49. The Balaban J connectivity index is 2.11. The van der Waals surface area contributed by atoms with Crippen molar-refractivity contribution in [3.05, 3.63) is 42.5 Å². The minimum absolute atomic E-state index is 0.224. The quantitative estimate of drug-likeness (QED) is 0.651. The van der Waals surface area contributed by atoms with E-state index >= 15 is 0 Å². The average Bonchev–Trinajstić information content (AvgIpc) is 2.87. The second-order valence-corrected chi connectivity index (χ2v) is 3.85. The molecule has 3 rings (SSSR count). The van der Waals surface area contributed by atoms with Gasteiger partial charge in [-0.1, -0.05) is 17.3 Å². The van der Waals surface area contributed by atoms with Crippen LogP contribution in [0.2, 0.25) is 0 Å². The van der Waals surface area contributed by atoms with Gasteiger partial charge in [-0.2, -0.15) is 4.98 Å². The van der Waals surface area contributed by atoms with Crippen LogP contribution in [-0.2, 0) is 5.88 Å². The van der Waals surface area contributed by atoms with Crippen LogP contribution in [0.25, 0.3) is 22.2 Å². The summed E-state index contributed by atoms with van der Waals surface area (Å²) in [6.07, 6.45) is 3.57. The van der Waals surface area contributed by atoms with Gasteiger partial charge in [-0.05, 0) is 17.5 Å². The van der Waals surface area contributed by atoms with Crippen molar-refractivity contribution in [1.29, 1.82) is 0 Å². The van der Waals surface area contributed by atoms with Crippen LogP contribution in [0.1, 0.15) is 5.89 Å². The summed E-state index contributed by atoms with van der Waals surface area (Å²) in [6.45, 7) is 0. The highest BCUT2D eigenvalue weighted by molar-refractivity contribution is 6.16. The largest absolute Gasteiger partial charge is 0.338 e. The van der Waals surface area contributed by atoms with Gasteiger partial charge in [0.2, 0.25) is 11.7 Å². The van der Waals surface area contributed by atoms with Gasteiger partial charge in [-0.3, -0.25) is 4.98 Å². The lowest BCUT2D eigenvalue weighted by Gasteiger charge is -1.98. The van der Waals surface area contributed by atoms with E-state index in [-0.39, 0.29) is 5.88 Å². The summed E-state index contributed by atoms with van der Waals surface area (Å²) in [5, 5.41) is 6.05. The number of aromatic nitrogens is 3. The summed E-state index contributed by atoms with van der Waals surface area (Å²) in [7, 11) is 0. The third-order valence-electron chi connectivity index (χ3n) is 2.48. The molecule has 0 amide bonds. The Morgan fingerprint density at radius 2 is 2.12 bits per heavy atom. The fourth-order valence-electron chi connectivity index (χ4n) is 1.65. The Bertz CT molecular complexity index is 665. The zero-order chi connectivity index (χ0) is 11.7. The van der Waals surface area contributed by atoms with Crippen molar-refractivity contribution in [1.82, 2.24) is 15.1 Å². The number of rotatable bonds is 2. The van der Waals surface area contributed by atoms with Crippen LogP contribution < -0.4 is 0 Å². The molecule has 0 fully saturated rings. The first kappa shape index (κ1) is 10.2. The smallest absolute Gasteiger partial charge is 0.241 e. The van der Waals surface area contributed by atoms with Crippen LogP contribution in [0.5, 0.6) is 0 Å². The Morgan fingerprint density at radius 1 is 1.18 bits per heavy atom. The van der Waals surface area contributed by atoms with Crippen molar-refractivity contribution in [3.63, 3.8) is 0 Å². The number of fused-ring (bicyclic) bond motifs is 1.